The molecule has 0 saturated carbocycles. The van der Waals surface area contributed by atoms with Crippen molar-refractivity contribution in [3.63, 3.8) is 0 Å². The summed E-state index contributed by atoms with van der Waals surface area (Å²) in [5.74, 6) is 0. The molecule has 0 bridgehead atoms. The summed E-state index contributed by atoms with van der Waals surface area (Å²) in [7, 11) is -3.56. The zero-order chi connectivity index (χ0) is 23.5. The Morgan fingerprint density at radius 3 is 2.39 bits per heavy atom. The summed E-state index contributed by atoms with van der Waals surface area (Å²) < 4.78 is 28.2. The molecule has 2 aromatic carbocycles. The van der Waals surface area contributed by atoms with Gasteiger partial charge in [0, 0.05) is 24.1 Å². The van der Waals surface area contributed by atoms with Gasteiger partial charge in [0.2, 0.25) is 10.0 Å². The highest BCUT2D eigenvalue weighted by atomic mass is 32.2. The molecule has 0 aliphatic carbocycles. The summed E-state index contributed by atoms with van der Waals surface area (Å²) in [5, 5.41) is 3.30. The largest absolute Gasteiger partial charge is 0.355 e. The van der Waals surface area contributed by atoms with E-state index in [1.54, 1.807) is 24.4 Å². The Hall–Kier alpha value is -3.00. The molecule has 0 spiro atoms. The molecular weight excluding hydrogens is 432 g/mol. The second kappa shape index (κ2) is 12.3. The van der Waals surface area contributed by atoms with E-state index < -0.39 is 10.0 Å². The predicted molar refractivity (Wildman–Crippen MR) is 137 cm³/mol. The highest BCUT2D eigenvalue weighted by Crippen LogP contribution is 2.21. The highest BCUT2D eigenvalue weighted by molar-refractivity contribution is 7.89. The highest BCUT2D eigenvalue weighted by Gasteiger charge is 2.14. The lowest BCUT2D eigenvalue weighted by Gasteiger charge is -2.17. The van der Waals surface area contributed by atoms with Crippen molar-refractivity contribution in [1.82, 2.24) is 14.6 Å². The van der Waals surface area contributed by atoms with E-state index in [1.165, 1.54) is 0 Å². The summed E-state index contributed by atoms with van der Waals surface area (Å²) in [5.41, 5.74) is 3.49. The Labute approximate surface area is 197 Å². The average molecular weight is 465 g/mol. The monoisotopic (exact) mass is 464 g/mol. The first-order valence-corrected chi connectivity index (χ1v) is 12.8. The van der Waals surface area contributed by atoms with Crippen LogP contribution in [0, 0.1) is 0 Å². The number of hydrogen-bond donors (Lipinski definition) is 2. The number of sulfonamides is 1. The summed E-state index contributed by atoms with van der Waals surface area (Å²) in [4.78, 5) is 6.82. The maximum absolute atomic E-state index is 12.7. The van der Waals surface area contributed by atoms with Gasteiger partial charge in [-0.1, -0.05) is 44.2 Å². The van der Waals surface area contributed by atoms with Gasteiger partial charge in [-0.2, -0.15) is 0 Å². The summed E-state index contributed by atoms with van der Waals surface area (Å²) >= 11 is 0. The molecule has 0 saturated heterocycles. The van der Waals surface area contributed by atoms with Gasteiger partial charge in [0.25, 0.3) is 0 Å². The molecule has 0 fully saturated rings. The Morgan fingerprint density at radius 1 is 0.909 bits per heavy atom. The molecule has 3 aromatic rings. The molecule has 174 valence electrons. The van der Waals surface area contributed by atoms with E-state index in [0.29, 0.717) is 12.2 Å². The lowest BCUT2D eigenvalue weighted by Crippen LogP contribution is -2.30. The topological polar surface area (TPSA) is 74.3 Å². The van der Waals surface area contributed by atoms with E-state index in [4.69, 9.17) is 0 Å². The minimum Gasteiger partial charge on any atom is -0.355 e. The number of aromatic nitrogens is 1. The molecule has 0 amide bonds. The van der Waals surface area contributed by atoms with Crippen LogP contribution in [0.3, 0.4) is 0 Å². The van der Waals surface area contributed by atoms with E-state index >= 15 is 0 Å². The molecule has 0 unspecified atom stereocenters. The number of nitrogens with one attached hydrogen (secondary N) is 2. The number of benzene rings is 2. The number of anilines is 2. The third-order valence-electron chi connectivity index (χ3n) is 5.29. The Bertz CT molecular complexity index is 1140. The van der Waals surface area contributed by atoms with Crippen LogP contribution in [-0.2, 0) is 10.0 Å². The fraction of sp³-hybridized carbons (Fsp3) is 0.269. The predicted octanol–water partition coefficient (Wildman–Crippen LogP) is 5.01. The molecule has 6 nitrogen and oxygen atoms in total. The fourth-order valence-corrected chi connectivity index (χ4v) is 4.54. The zero-order valence-electron chi connectivity index (χ0n) is 19.2. The van der Waals surface area contributed by atoms with Gasteiger partial charge >= 0.3 is 0 Å². The summed E-state index contributed by atoms with van der Waals surface area (Å²) in [6, 6.07) is 20.6. The van der Waals surface area contributed by atoms with Crippen LogP contribution < -0.4 is 10.0 Å². The maximum atomic E-state index is 12.7. The smallest absolute Gasteiger partial charge is 0.240 e. The van der Waals surface area contributed by atoms with Crippen molar-refractivity contribution in [2.45, 2.75) is 25.2 Å². The van der Waals surface area contributed by atoms with Crippen LogP contribution in [0.1, 0.15) is 31.5 Å². The molecule has 3 rings (SSSR count). The molecule has 0 aliphatic heterocycles. The van der Waals surface area contributed by atoms with Gasteiger partial charge < -0.3 is 10.2 Å². The van der Waals surface area contributed by atoms with E-state index in [1.807, 2.05) is 60.7 Å². The van der Waals surface area contributed by atoms with Crippen LogP contribution in [0.25, 0.3) is 12.2 Å². The van der Waals surface area contributed by atoms with E-state index in [9.17, 15) is 8.42 Å². The normalized spacial score (nSPS) is 11.8. The van der Waals surface area contributed by atoms with Gasteiger partial charge in [0.1, 0.15) is 0 Å². The SMILES string of the molecule is CCN(CC)CCCNS(=O)(=O)c1cccc(Nc2cccc(/C=C/c3ccccn3)c2)c1. The number of hydrogen-bond acceptors (Lipinski definition) is 5. The standard InChI is InChI=1S/C26H32N4O2S/c1-3-30(4-2)19-9-18-28-33(31,32)26-14-8-13-25(21-26)29-24-12-7-10-22(20-24)15-16-23-11-5-6-17-27-23/h5-8,10-17,20-21,28-29H,3-4,9,18-19H2,1-2H3/b16-15+. The van der Waals surface area contributed by atoms with Gasteiger partial charge in [0.05, 0.1) is 10.6 Å². The molecule has 2 N–H and O–H groups in total. The molecule has 0 radical (unpaired) electrons. The van der Waals surface area contributed by atoms with Gasteiger partial charge in [-0.25, -0.2) is 13.1 Å². The first-order chi connectivity index (χ1) is 16.0. The molecule has 0 atom stereocenters. The second-order valence-electron chi connectivity index (χ2n) is 7.64. The fourth-order valence-electron chi connectivity index (χ4n) is 3.42. The van der Waals surface area contributed by atoms with Crippen LogP contribution >= 0.6 is 0 Å². The van der Waals surface area contributed by atoms with E-state index in [2.05, 4.69) is 33.8 Å². The van der Waals surface area contributed by atoms with Crippen molar-refractivity contribution in [1.29, 1.82) is 0 Å². The Kier molecular flexibility index (Phi) is 9.18. The van der Waals surface area contributed by atoms with Gasteiger partial charge in [-0.05, 0) is 80.2 Å². The van der Waals surface area contributed by atoms with Crippen LogP contribution in [-0.4, -0.2) is 44.5 Å². The molecule has 7 heteroatoms. The molecule has 1 heterocycles. The van der Waals surface area contributed by atoms with Gasteiger partial charge in [0.15, 0.2) is 0 Å². The lowest BCUT2D eigenvalue weighted by atomic mass is 10.1. The second-order valence-corrected chi connectivity index (χ2v) is 9.41. The van der Waals surface area contributed by atoms with Crippen molar-refractivity contribution in [3.05, 3.63) is 84.2 Å². The summed E-state index contributed by atoms with van der Waals surface area (Å²) in [6.07, 6.45) is 6.49. The lowest BCUT2D eigenvalue weighted by molar-refractivity contribution is 0.300. The van der Waals surface area contributed by atoms with Crippen LogP contribution in [0.15, 0.2) is 77.8 Å². The molecule has 1 aromatic heterocycles. The van der Waals surface area contributed by atoms with E-state index in [-0.39, 0.29) is 4.90 Å². The van der Waals surface area contributed by atoms with Crippen LogP contribution in [0.4, 0.5) is 11.4 Å². The van der Waals surface area contributed by atoms with Crippen molar-refractivity contribution >= 4 is 33.6 Å². The average Bonchev–Trinajstić information content (AvgIpc) is 2.84. The molecule has 33 heavy (non-hydrogen) atoms. The number of rotatable bonds is 12. The zero-order valence-corrected chi connectivity index (χ0v) is 20.1. The minimum atomic E-state index is -3.56. The quantitative estimate of drug-likeness (QED) is 0.369. The Morgan fingerprint density at radius 2 is 1.67 bits per heavy atom. The van der Waals surface area contributed by atoms with Crippen LogP contribution in [0.2, 0.25) is 0 Å². The Balaban J connectivity index is 1.63. The van der Waals surface area contributed by atoms with Gasteiger partial charge in [-0.3, -0.25) is 4.98 Å². The van der Waals surface area contributed by atoms with Crippen LogP contribution in [0.5, 0.6) is 0 Å². The molecular formula is C26H32N4O2S. The van der Waals surface area contributed by atoms with Crippen molar-refractivity contribution < 1.29 is 8.42 Å². The summed E-state index contributed by atoms with van der Waals surface area (Å²) in [6.45, 7) is 7.45. The van der Waals surface area contributed by atoms with Crippen molar-refractivity contribution in [3.8, 4) is 0 Å². The first-order valence-electron chi connectivity index (χ1n) is 11.3. The van der Waals surface area contributed by atoms with Crippen molar-refractivity contribution in [2.24, 2.45) is 0 Å². The number of pyridine rings is 1. The van der Waals surface area contributed by atoms with E-state index in [0.717, 1.165) is 43.0 Å². The number of nitrogens with zero attached hydrogens (tertiary/aromatic N) is 2. The minimum absolute atomic E-state index is 0.251. The first kappa shape index (κ1) is 24.6. The third kappa shape index (κ3) is 7.82. The third-order valence-corrected chi connectivity index (χ3v) is 6.75. The van der Waals surface area contributed by atoms with Crippen molar-refractivity contribution in [2.75, 3.05) is 31.5 Å². The molecule has 0 aliphatic rings. The maximum Gasteiger partial charge on any atom is 0.240 e. The van der Waals surface area contributed by atoms with Gasteiger partial charge in [-0.15, -0.1) is 0 Å².